The van der Waals surface area contributed by atoms with Crippen molar-refractivity contribution in [3.8, 4) is 203 Å². The molecule has 7 aliphatic rings. The Morgan fingerprint density at radius 3 is 0.993 bits per heavy atom. The van der Waals surface area contributed by atoms with Gasteiger partial charge in [-0.1, -0.05) is 419 Å². The van der Waals surface area contributed by atoms with Gasteiger partial charge in [0, 0.05) is 67.7 Å². The van der Waals surface area contributed by atoms with Crippen LogP contribution in [0.15, 0.2) is 479 Å². The molecule has 3 aliphatic carbocycles. The maximum absolute atomic E-state index is 7.46. The van der Waals surface area contributed by atoms with Crippen molar-refractivity contribution in [3.63, 3.8) is 0 Å². The first-order valence-electron chi connectivity index (χ1n) is 50.2. The number of allylic oxidation sites excluding steroid dienone is 2. The van der Waals surface area contributed by atoms with E-state index < -0.39 is 16.2 Å². The minimum atomic E-state index is -0.840. The largest absolute Gasteiger partial charge is 0.456 e. The summed E-state index contributed by atoms with van der Waals surface area (Å²) < 4.78 is 22.0. The van der Waals surface area contributed by atoms with Gasteiger partial charge >= 0.3 is 0 Å². The molecule has 690 valence electrons. The Labute approximate surface area is 853 Å². The summed E-state index contributed by atoms with van der Waals surface area (Å²) in [4.78, 5) is 48.5. The molecule has 3 spiro atoms. The first kappa shape index (κ1) is 84.1. The van der Waals surface area contributed by atoms with E-state index in [4.69, 9.17) is 59.1 Å². The molecule has 30 rings (SSSR count). The molecule has 0 amide bonds. The van der Waals surface area contributed by atoms with Crippen molar-refractivity contribution in [1.29, 1.82) is 0 Å². The third-order valence-corrected chi connectivity index (χ3v) is 30.9. The van der Waals surface area contributed by atoms with Crippen LogP contribution < -0.4 is 19.5 Å². The van der Waals surface area contributed by atoms with E-state index in [0.29, 0.717) is 76.2 Å². The zero-order valence-corrected chi connectivity index (χ0v) is 79.6. The van der Waals surface area contributed by atoms with Crippen LogP contribution in [0.1, 0.15) is 72.6 Å². The molecule has 13 nitrogen and oxygen atoms in total. The average molecular weight is 1890 g/mol. The van der Waals surface area contributed by atoms with Gasteiger partial charge in [-0.25, -0.2) is 44.9 Å². The van der Waals surface area contributed by atoms with Crippen LogP contribution in [0.3, 0.4) is 0 Å². The molecule has 0 radical (unpaired) electrons. The molecule has 1 N–H and O–H groups in total. The van der Waals surface area contributed by atoms with Crippen molar-refractivity contribution < 1.29 is 14.2 Å². The van der Waals surface area contributed by atoms with E-state index in [2.05, 4.69) is 418 Å². The predicted octanol–water partition coefficient (Wildman–Crippen LogP) is 31.3. The van der Waals surface area contributed by atoms with Crippen LogP contribution in [0.25, 0.3) is 185 Å². The molecular weight excluding hydrogens is 1810 g/mol. The van der Waals surface area contributed by atoms with Crippen LogP contribution in [0.5, 0.6) is 34.5 Å². The molecule has 23 aromatic rings. The van der Waals surface area contributed by atoms with E-state index in [9.17, 15) is 0 Å². The van der Waals surface area contributed by atoms with Gasteiger partial charge in [0.25, 0.3) is 0 Å². The number of nitrogens with one attached hydrogen (secondary N) is 1. The zero-order valence-electron chi connectivity index (χ0n) is 79.6. The Morgan fingerprint density at radius 2 is 0.493 bits per heavy atom. The predicted molar refractivity (Wildman–Crippen MR) is 587 cm³/mol. The second-order valence-corrected chi connectivity index (χ2v) is 38.6. The highest BCUT2D eigenvalue weighted by molar-refractivity contribution is 6.03. The number of aromatic nitrogens is 9. The lowest BCUT2D eigenvalue weighted by Gasteiger charge is -2.40. The van der Waals surface area contributed by atoms with Crippen LogP contribution in [0.2, 0.25) is 0 Å². The van der Waals surface area contributed by atoms with E-state index in [1.54, 1.807) is 0 Å². The molecule has 3 aromatic heterocycles. The standard InChI is InChI=1S/C135H82N10O3/c1-4-32-81(33-5-1)82-65-69-86(70-66-82)126-137-127(142-129(141-126)100-47-29-58-113-121(100)146-117-62-21-18-54-109(117)133(113)104-50-14-10-41-95(104)96-42-11-15-51-105(96)133)87-71-67-83(68-72-87)88-38-26-39-89(78-88)90-74-76-108-103(80-90)97-43-12-16-52-106(97)134(108)110-55-19-22-63-118(110)147-122-101(48-30-59-114(122)134)130-139-124(84-34-6-2-7-35-84)138-128(144-130)98-46-27-40-91-79-92(73-75-93(91)98)94-45-28-57-112-120(94)99-44-13-17-53-107(99)135(112)111-56-20-23-64-119(111)148-123-102(49-31-60-115(123)135)131-140-125(85-36-8-3-9-37-85)143-132(145-131)116-61-24-25-77-136-116/h1-76,78-80,136H,77H2. The maximum Gasteiger partial charge on any atom is 0.179 e. The first-order valence-corrected chi connectivity index (χ1v) is 50.2. The van der Waals surface area contributed by atoms with Gasteiger partial charge < -0.3 is 19.5 Å². The Morgan fingerprint density at radius 1 is 0.189 bits per heavy atom. The Bertz CT molecular complexity index is 9560. The van der Waals surface area contributed by atoms with E-state index in [1.165, 1.54) is 22.3 Å². The molecule has 4 aliphatic heterocycles. The molecule has 0 bridgehead atoms. The van der Waals surface area contributed by atoms with E-state index in [0.717, 1.165) is 201 Å². The fourth-order valence-electron chi connectivity index (χ4n) is 24.5. The lowest BCUT2D eigenvalue weighted by atomic mass is 9.65. The highest BCUT2D eigenvalue weighted by atomic mass is 16.5. The molecule has 20 aromatic carbocycles. The van der Waals surface area contributed by atoms with Crippen LogP contribution in [-0.4, -0.2) is 51.4 Å². The van der Waals surface area contributed by atoms with Gasteiger partial charge in [0.05, 0.1) is 38.6 Å². The number of fused-ring (bicyclic) bond motifs is 28. The Hall–Kier alpha value is -19.6. The molecule has 0 saturated carbocycles. The third kappa shape index (κ3) is 12.7. The summed E-state index contributed by atoms with van der Waals surface area (Å²) in [5, 5.41) is 5.51. The summed E-state index contributed by atoms with van der Waals surface area (Å²) in [6.45, 7) is 0.658. The van der Waals surface area contributed by atoms with Gasteiger partial charge in [-0.2, -0.15) is 0 Å². The number of para-hydroxylation sites is 6. The second kappa shape index (κ2) is 33.2. The smallest absolute Gasteiger partial charge is 0.179 e. The number of nitrogens with zero attached hydrogens (tertiary/aromatic N) is 9. The van der Waals surface area contributed by atoms with Crippen molar-refractivity contribution in [2.45, 2.75) is 16.2 Å². The topological polar surface area (TPSA) is 156 Å². The molecule has 2 unspecified atom stereocenters. The van der Waals surface area contributed by atoms with E-state index >= 15 is 0 Å². The molecule has 0 saturated heterocycles. The summed E-state index contributed by atoms with van der Waals surface area (Å²) in [7, 11) is 0. The summed E-state index contributed by atoms with van der Waals surface area (Å²) in [6, 6.07) is 164. The van der Waals surface area contributed by atoms with Crippen molar-refractivity contribution in [1.82, 2.24) is 50.2 Å². The monoisotopic (exact) mass is 1890 g/mol. The summed E-state index contributed by atoms with van der Waals surface area (Å²) in [5.41, 5.74) is 33.9. The SMILES string of the molecule is C1=CCNC(c2nc(-c3ccccc3)nc(-c3cccc4c3Oc3ccccc3C43c4ccccc4-c4c(-c5ccc6c(-c7nc(-c8ccccc8)nc(-c8cccc9c8Oc8ccccc8C98c9ccccc9-c9cc(-c%10cccc(-c%11ccc(-c%12nc(-c%13ccc(-c%14ccccc%14)cc%13)nc(-c%13cccc%14c%13Oc%13ccccc%13C%14%13c%14ccccc%14-c%14ccccc%14%13)n%12)cc%11)c%10)ccc98)n7)cccc6c5)cccc43)n2)=C1. The lowest BCUT2D eigenvalue weighted by molar-refractivity contribution is 0.437. The van der Waals surface area contributed by atoms with Crippen LogP contribution >= 0.6 is 0 Å². The van der Waals surface area contributed by atoms with Gasteiger partial charge in [-0.05, 0) is 183 Å². The Kier molecular flexibility index (Phi) is 18.9. The van der Waals surface area contributed by atoms with Crippen molar-refractivity contribution in [3.05, 3.63) is 552 Å². The van der Waals surface area contributed by atoms with Crippen LogP contribution in [0.4, 0.5) is 0 Å². The maximum atomic E-state index is 7.46. The van der Waals surface area contributed by atoms with Crippen LogP contribution in [0, 0.1) is 0 Å². The quantitative estimate of drug-likeness (QED) is 0.116. The van der Waals surface area contributed by atoms with Gasteiger partial charge in [0.2, 0.25) is 0 Å². The minimum absolute atomic E-state index is 0.480. The van der Waals surface area contributed by atoms with Gasteiger partial charge in [0.15, 0.2) is 52.4 Å². The van der Waals surface area contributed by atoms with Crippen molar-refractivity contribution >= 4 is 16.5 Å². The van der Waals surface area contributed by atoms with E-state index in [-0.39, 0.29) is 0 Å². The van der Waals surface area contributed by atoms with E-state index in [1.807, 2.05) is 66.7 Å². The van der Waals surface area contributed by atoms with Crippen LogP contribution in [-0.2, 0) is 16.2 Å². The number of ether oxygens (including phenoxy) is 3. The number of benzene rings is 20. The fourth-order valence-corrected chi connectivity index (χ4v) is 24.5. The molecule has 13 heteroatoms. The van der Waals surface area contributed by atoms with Crippen molar-refractivity contribution in [2.24, 2.45) is 0 Å². The minimum Gasteiger partial charge on any atom is -0.456 e. The lowest BCUT2D eigenvalue weighted by Crippen LogP contribution is -2.32. The highest BCUT2D eigenvalue weighted by Gasteiger charge is 2.56. The molecule has 148 heavy (non-hydrogen) atoms. The molecule has 7 heterocycles. The summed E-state index contributed by atoms with van der Waals surface area (Å²) in [6.07, 6.45) is 6.13. The third-order valence-electron chi connectivity index (χ3n) is 30.9. The molecular formula is C135H82N10O3. The number of hydrogen-bond acceptors (Lipinski definition) is 13. The summed E-state index contributed by atoms with van der Waals surface area (Å²) in [5.74, 6) is 9.12. The summed E-state index contributed by atoms with van der Waals surface area (Å²) >= 11 is 0. The normalized spacial score (nSPS) is 15.2. The number of rotatable bonds is 13. The fraction of sp³-hybridized carbons (Fsp3) is 0.0296. The Balaban J connectivity index is 0.502. The van der Waals surface area contributed by atoms with Crippen molar-refractivity contribution in [2.75, 3.05) is 6.54 Å². The molecule has 2 atom stereocenters. The average Bonchev–Trinajstić information content (AvgIpc) is 1.49. The van der Waals surface area contributed by atoms with Gasteiger partial charge in [-0.15, -0.1) is 0 Å². The second-order valence-electron chi connectivity index (χ2n) is 38.6. The van der Waals surface area contributed by atoms with Gasteiger partial charge in [-0.3, -0.25) is 0 Å². The van der Waals surface area contributed by atoms with Gasteiger partial charge in [0.1, 0.15) is 34.5 Å². The number of dihydropyridines is 1. The highest BCUT2D eigenvalue weighted by Crippen LogP contribution is 2.68. The number of hydrogen-bond donors (Lipinski definition) is 1. The zero-order chi connectivity index (χ0) is 97.3. The first-order chi connectivity index (χ1) is 73.3. The molecule has 0 fully saturated rings.